The van der Waals surface area contributed by atoms with Crippen molar-refractivity contribution < 1.29 is 14.3 Å². The second-order valence-electron chi connectivity index (χ2n) is 3.87. The van der Waals surface area contributed by atoms with Gasteiger partial charge in [-0.1, -0.05) is 6.07 Å². The van der Waals surface area contributed by atoms with E-state index in [2.05, 4.69) is 4.98 Å². The number of aliphatic carboxylic acids is 1. The minimum Gasteiger partial charge on any atom is -0.481 e. The van der Waals surface area contributed by atoms with Gasteiger partial charge in [0.2, 0.25) is 0 Å². The molecule has 0 bridgehead atoms. The lowest BCUT2D eigenvalue weighted by Gasteiger charge is -2.18. The van der Waals surface area contributed by atoms with Crippen LogP contribution in [0.15, 0.2) is 29.0 Å². The third-order valence-electron chi connectivity index (χ3n) is 2.61. The molecule has 1 heterocycles. The van der Waals surface area contributed by atoms with Crippen molar-refractivity contribution in [1.29, 1.82) is 0 Å². The SMILES string of the molecule is NC(CC(=O)O)C(N)c1ccc2ncoc2c1. The summed E-state index contributed by atoms with van der Waals surface area (Å²) in [5, 5.41) is 8.65. The number of aromatic nitrogens is 1. The zero-order valence-corrected chi connectivity index (χ0v) is 9.04. The van der Waals surface area contributed by atoms with Crippen molar-refractivity contribution in [3.8, 4) is 0 Å². The highest BCUT2D eigenvalue weighted by molar-refractivity contribution is 5.73. The molecule has 2 aromatic rings. The van der Waals surface area contributed by atoms with Crippen LogP contribution in [0.3, 0.4) is 0 Å². The van der Waals surface area contributed by atoms with Gasteiger partial charge in [0.25, 0.3) is 0 Å². The number of carboxylic acid groups (broad SMARTS) is 1. The maximum absolute atomic E-state index is 10.6. The van der Waals surface area contributed by atoms with Crippen LogP contribution < -0.4 is 11.5 Å². The predicted octanol–water partition coefficient (Wildman–Crippen LogP) is 0.630. The lowest BCUT2D eigenvalue weighted by atomic mass is 9.98. The van der Waals surface area contributed by atoms with E-state index < -0.39 is 18.1 Å². The summed E-state index contributed by atoms with van der Waals surface area (Å²) in [7, 11) is 0. The molecule has 0 aliphatic rings. The fourth-order valence-electron chi connectivity index (χ4n) is 1.65. The summed E-state index contributed by atoms with van der Waals surface area (Å²) in [6.07, 6.45) is 1.17. The number of hydrogen-bond acceptors (Lipinski definition) is 5. The molecule has 5 N–H and O–H groups in total. The van der Waals surface area contributed by atoms with Crippen LogP contribution in [0.25, 0.3) is 11.1 Å². The average molecular weight is 235 g/mol. The van der Waals surface area contributed by atoms with Crippen LogP contribution in [0.4, 0.5) is 0 Å². The molecule has 0 spiro atoms. The van der Waals surface area contributed by atoms with Crippen molar-refractivity contribution in [2.75, 3.05) is 0 Å². The fraction of sp³-hybridized carbons (Fsp3) is 0.273. The molecule has 0 amide bonds. The molecular formula is C11H13N3O3. The molecule has 90 valence electrons. The summed E-state index contributed by atoms with van der Waals surface area (Å²) in [6.45, 7) is 0. The molecule has 2 rings (SSSR count). The van der Waals surface area contributed by atoms with Crippen LogP contribution in [0, 0.1) is 0 Å². The first-order valence-electron chi connectivity index (χ1n) is 5.14. The molecule has 2 unspecified atom stereocenters. The van der Waals surface area contributed by atoms with Crippen LogP contribution in [0.2, 0.25) is 0 Å². The van der Waals surface area contributed by atoms with Crippen molar-refractivity contribution in [3.63, 3.8) is 0 Å². The highest BCUT2D eigenvalue weighted by atomic mass is 16.4. The average Bonchev–Trinajstić information content (AvgIpc) is 2.73. The van der Waals surface area contributed by atoms with Gasteiger partial charge in [-0.25, -0.2) is 4.98 Å². The van der Waals surface area contributed by atoms with E-state index >= 15 is 0 Å². The Morgan fingerprint density at radius 1 is 1.47 bits per heavy atom. The van der Waals surface area contributed by atoms with E-state index in [-0.39, 0.29) is 6.42 Å². The van der Waals surface area contributed by atoms with Gasteiger partial charge in [-0.2, -0.15) is 0 Å². The minimum atomic E-state index is -0.964. The molecule has 2 atom stereocenters. The van der Waals surface area contributed by atoms with Crippen LogP contribution in [0.1, 0.15) is 18.0 Å². The number of carbonyl (C=O) groups is 1. The normalized spacial score (nSPS) is 14.7. The Balaban J connectivity index is 2.23. The molecule has 6 nitrogen and oxygen atoms in total. The highest BCUT2D eigenvalue weighted by Crippen LogP contribution is 2.20. The molecule has 0 saturated heterocycles. The van der Waals surface area contributed by atoms with E-state index in [9.17, 15) is 4.79 Å². The standard InChI is InChI=1S/C11H13N3O3/c12-7(4-10(15)16)11(13)6-1-2-8-9(3-6)17-5-14-8/h1-3,5,7,11H,4,12-13H2,(H,15,16). The number of oxazole rings is 1. The number of hydrogen-bond donors (Lipinski definition) is 3. The van der Waals surface area contributed by atoms with Crippen LogP contribution in [-0.2, 0) is 4.79 Å². The Morgan fingerprint density at radius 3 is 2.94 bits per heavy atom. The minimum absolute atomic E-state index is 0.171. The summed E-state index contributed by atoms with van der Waals surface area (Å²) in [6, 6.07) is 4.10. The maximum atomic E-state index is 10.6. The van der Waals surface area contributed by atoms with Gasteiger partial charge in [0.05, 0.1) is 6.42 Å². The number of nitrogens with two attached hydrogens (primary N) is 2. The zero-order chi connectivity index (χ0) is 12.4. The summed E-state index contributed by atoms with van der Waals surface area (Å²) in [4.78, 5) is 14.5. The molecule has 17 heavy (non-hydrogen) atoms. The third kappa shape index (κ3) is 2.43. The molecule has 1 aromatic heterocycles. The third-order valence-corrected chi connectivity index (χ3v) is 2.61. The monoisotopic (exact) mass is 235 g/mol. The van der Waals surface area contributed by atoms with Crippen molar-refractivity contribution in [2.45, 2.75) is 18.5 Å². The number of rotatable bonds is 4. The Bertz CT molecular complexity index is 537. The Hall–Kier alpha value is -1.92. The summed E-state index contributed by atoms with van der Waals surface area (Å²) in [5.74, 6) is -0.964. The van der Waals surface area contributed by atoms with Gasteiger partial charge in [-0.3, -0.25) is 4.79 Å². The Morgan fingerprint density at radius 2 is 2.24 bits per heavy atom. The first-order chi connectivity index (χ1) is 8.08. The van der Waals surface area contributed by atoms with E-state index in [4.69, 9.17) is 21.0 Å². The van der Waals surface area contributed by atoms with Gasteiger partial charge in [-0.05, 0) is 17.7 Å². The van der Waals surface area contributed by atoms with Crippen molar-refractivity contribution in [1.82, 2.24) is 4.98 Å². The smallest absolute Gasteiger partial charge is 0.304 e. The van der Waals surface area contributed by atoms with Crippen molar-refractivity contribution in [3.05, 3.63) is 30.2 Å². The molecule has 0 saturated carbocycles. The van der Waals surface area contributed by atoms with E-state index in [0.717, 1.165) is 11.1 Å². The first-order valence-corrected chi connectivity index (χ1v) is 5.14. The quantitative estimate of drug-likeness (QED) is 0.715. The molecule has 0 radical (unpaired) electrons. The van der Waals surface area contributed by atoms with E-state index in [1.807, 2.05) is 0 Å². The molecule has 6 heteroatoms. The fourth-order valence-corrected chi connectivity index (χ4v) is 1.65. The molecule has 0 fully saturated rings. The summed E-state index contributed by atoms with van der Waals surface area (Å²) < 4.78 is 5.15. The largest absolute Gasteiger partial charge is 0.481 e. The van der Waals surface area contributed by atoms with Crippen molar-refractivity contribution >= 4 is 17.1 Å². The number of fused-ring (bicyclic) bond motifs is 1. The first kappa shape index (κ1) is 11.6. The van der Waals surface area contributed by atoms with Crippen LogP contribution in [-0.4, -0.2) is 22.1 Å². The molecule has 0 aliphatic carbocycles. The van der Waals surface area contributed by atoms with Crippen LogP contribution in [0.5, 0.6) is 0 Å². The van der Waals surface area contributed by atoms with Gasteiger partial charge in [0.1, 0.15) is 5.52 Å². The topological polar surface area (TPSA) is 115 Å². The van der Waals surface area contributed by atoms with E-state index in [1.54, 1.807) is 18.2 Å². The summed E-state index contributed by atoms with van der Waals surface area (Å²) in [5.41, 5.74) is 13.7. The van der Waals surface area contributed by atoms with Crippen LogP contribution >= 0.6 is 0 Å². The highest BCUT2D eigenvalue weighted by Gasteiger charge is 2.19. The summed E-state index contributed by atoms with van der Waals surface area (Å²) >= 11 is 0. The second-order valence-corrected chi connectivity index (χ2v) is 3.87. The predicted molar refractivity (Wildman–Crippen MR) is 61.2 cm³/mol. The van der Waals surface area contributed by atoms with Gasteiger partial charge in [-0.15, -0.1) is 0 Å². The van der Waals surface area contributed by atoms with E-state index in [1.165, 1.54) is 6.39 Å². The second kappa shape index (κ2) is 4.52. The van der Waals surface area contributed by atoms with Gasteiger partial charge < -0.3 is 21.0 Å². The number of benzene rings is 1. The van der Waals surface area contributed by atoms with Gasteiger partial charge >= 0.3 is 5.97 Å². The lowest BCUT2D eigenvalue weighted by Crippen LogP contribution is -2.35. The number of carboxylic acids is 1. The van der Waals surface area contributed by atoms with Gasteiger partial charge in [0.15, 0.2) is 12.0 Å². The Labute approximate surface area is 97.2 Å². The maximum Gasteiger partial charge on any atom is 0.304 e. The zero-order valence-electron chi connectivity index (χ0n) is 9.04. The Kier molecular flexibility index (Phi) is 3.08. The van der Waals surface area contributed by atoms with Gasteiger partial charge in [0, 0.05) is 12.1 Å². The van der Waals surface area contributed by atoms with Crippen molar-refractivity contribution in [2.24, 2.45) is 11.5 Å². The molecular weight excluding hydrogens is 222 g/mol. The molecule has 1 aromatic carbocycles. The lowest BCUT2D eigenvalue weighted by molar-refractivity contribution is -0.137. The number of nitrogens with zero attached hydrogens (tertiary/aromatic N) is 1. The molecule has 0 aliphatic heterocycles. The van der Waals surface area contributed by atoms with E-state index in [0.29, 0.717) is 5.58 Å².